The van der Waals surface area contributed by atoms with E-state index in [1.54, 1.807) is 12.2 Å². The number of allylic oxidation sites excluding steroid dienone is 6. The summed E-state index contributed by atoms with van der Waals surface area (Å²) in [4.78, 5) is 0. The Balaban J connectivity index is 4.07. The Morgan fingerprint density at radius 1 is 1.40 bits per heavy atom. The van der Waals surface area contributed by atoms with Crippen LogP contribution in [0.5, 0.6) is 0 Å². The fourth-order valence-corrected chi connectivity index (χ4v) is 0.695. The molecule has 0 aliphatic heterocycles. The van der Waals surface area contributed by atoms with E-state index in [2.05, 4.69) is 29.1 Å². The molecule has 0 unspecified atom stereocenters. The van der Waals surface area contributed by atoms with Gasteiger partial charge in [0.05, 0.1) is 0 Å². The first-order valence-electron chi connectivity index (χ1n) is 3.02. The molecule has 0 heterocycles. The van der Waals surface area contributed by atoms with Crippen LogP contribution >= 0.6 is 15.9 Å². The monoisotopic (exact) mass is 198 g/mol. The molecular weight excluding hydrogens is 188 g/mol. The van der Waals surface area contributed by atoms with Gasteiger partial charge < -0.3 is 0 Å². The van der Waals surface area contributed by atoms with E-state index in [4.69, 9.17) is 0 Å². The smallest absolute Gasteiger partial charge is 0.0215 e. The lowest BCUT2D eigenvalue weighted by Gasteiger charge is -1.87. The molecule has 0 aromatic rings. The van der Waals surface area contributed by atoms with E-state index in [9.17, 15) is 0 Å². The normalized spacial score (nSPS) is 11.9. The van der Waals surface area contributed by atoms with Crippen molar-refractivity contribution in [3.8, 4) is 0 Å². The molecule has 0 amide bonds. The molecule has 0 rings (SSSR count). The standard InChI is InChI=1S/C9H11Br/c1-3-6-9(4-2)7-5-8-10/h3-7H,1-2,8H2/b7-5+,9-6+. The van der Waals surface area contributed by atoms with E-state index in [0.717, 1.165) is 10.9 Å². The predicted molar refractivity (Wildman–Crippen MR) is 51.4 cm³/mol. The Morgan fingerprint density at radius 2 is 2.10 bits per heavy atom. The average molecular weight is 199 g/mol. The van der Waals surface area contributed by atoms with Crippen LogP contribution in [-0.2, 0) is 0 Å². The van der Waals surface area contributed by atoms with Gasteiger partial charge in [0.25, 0.3) is 0 Å². The highest BCUT2D eigenvalue weighted by atomic mass is 79.9. The summed E-state index contributed by atoms with van der Waals surface area (Å²) in [5, 5.41) is 0.870. The Bertz CT molecular complexity index is 164. The molecule has 0 aliphatic rings. The molecule has 0 saturated carbocycles. The average Bonchev–Trinajstić information content (AvgIpc) is 1.98. The van der Waals surface area contributed by atoms with E-state index in [-0.39, 0.29) is 0 Å². The molecule has 0 saturated heterocycles. The Kier molecular flexibility index (Phi) is 6.19. The summed E-state index contributed by atoms with van der Waals surface area (Å²) in [6.45, 7) is 7.24. The maximum atomic E-state index is 3.65. The largest absolute Gasteiger partial charge is 0.0990 e. The fourth-order valence-electron chi connectivity index (χ4n) is 0.508. The van der Waals surface area contributed by atoms with Gasteiger partial charge in [0.15, 0.2) is 0 Å². The first-order chi connectivity index (χ1) is 4.85. The van der Waals surface area contributed by atoms with Crippen LogP contribution in [0.25, 0.3) is 0 Å². The van der Waals surface area contributed by atoms with Crippen molar-refractivity contribution in [2.24, 2.45) is 0 Å². The maximum Gasteiger partial charge on any atom is 0.0215 e. The molecule has 0 aromatic heterocycles. The molecule has 0 radical (unpaired) electrons. The third-order valence-electron chi connectivity index (χ3n) is 0.945. The lowest BCUT2D eigenvalue weighted by Crippen LogP contribution is -1.68. The Morgan fingerprint density at radius 3 is 2.50 bits per heavy atom. The molecule has 0 spiro atoms. The van der Waals surface area contributed by atoms with Gasteiger partial charge in [-0.2, -0.15) is 0 Å². The summed E-state index contributed by atoms with van der Waals surface area (Å²) in [5.74, 6) is 0. The van der Waals surface area contributed by atoms with E-state index in [1.165, 1.54) is 0 Å². The van der Waals surface area contributed by atoms with Crippen LogP contribution in [0.2, 0.25) is 0 Å². The van der Waals surface area contributed by atoms with Crippen molar-refractivity contribution < 1.29 is 0 Å². The van der Waals surface area contributed by atoms with Gasteiger partial charge >= 0.3 is 0 Å². The van der Waals surface area contributed by atoms with Crippen LogP contribution in [-0.4, -0.2) is 5.33 Å². The van der Waals surface area contributed by atoms with Crippen molar-refractivity contribution in [3.63, 3.8) is 0 Å². The summed E-state index contributed by atoms with van der Waals surface area (Å²) in [7, 11) is 0. The minimum atomic E-state index is 0.870. The van der Waals surface area contributed by atoms with Gasteiger partial charge in [-0.15, -0.1) is 0 Å². The molecule has 1 heteroatoms. The van der Waals surface area contributed by atoms with Gasteiger partial charge in [0, 0.05) is 5.33 Å². The predicted octanol–water partition coefficient (Wildman–Crippen LogP) is 3.24. The van der Waals surface area contributed by atoms with Crippen LogP contribution in [0, 0.1) is 0 Å². The third kappa shape index (κ3) is 4.33. The molecule has 0 atom stereocenters. The maximum absolute atomic E-state index is 3.65. The minimum absolute atomic E-state index is 0.870. The van der Waals surface area contributed by atoms with Crippen LogP contribution in [0.15, 0.2) is 49.1 Å². The molecule has 54 valence electrons. The number of hydrogen-bond acceptors (Lipinski definition) is 0. The first kappa shape index (κ1) is 9.44. The van der Waals surface area contributed by atoms with Crippen LogP contribution in [0.1, 0.15) is 0 Å². The molecular formula is C9H11Br. The number of halogens is 1. The highest BCUT2D eigenvalue weighted by molar-refractivity contribution is 9.09. The quantitative estimate of drug-likeness (QED) is 0.481. The van der Waals surface area contributed by atoms with Crippen LogP contribution in [0.4, 0.5) is 0 Å². The van der Waals surface area contributed by atoms with E-state index < -0.39 is 0 Å². The SMILES string of the molecule is C=C/C=C(C=C)/C=C/CBr. The van der Waals surface area contributed by atoms with Gasteiger partial charge in [-0.05, 0) is 5.57 Å². The van der Waals surface area contributed by atoms with E-state index in [0.29, 0.717) is 0 Å². The van der Waals surface area contributed by atoms with E-state index >= 15 is 0 Å². The van der Waals surface area contributed by atoms with Gasteiger partial charge in [-0.3, -0.25) is 0 Å². The highest BCUT2D eigenvalue weighted by Crippen LogP contribution is 1.98. The van der Waals surface area contributed by atoms with Gasteiger partial charge in [0.2, 0.25) is 0 Å². The fraction of sp³-hybridized carbons (Fsp3) is 0.111. The second-order valence-corrected chi connectivity index (χ2v) is 2.31. The lowest BCUT2D eigenvalue weighted by molar-refractivity contribution is 1.66. The van der Waals surface area contributed by atoms with Crippen molar-refractivity contribution in [1.82, 2.24) is 0 Å². The zero-order valence-corrected chi connectivity index (χ0v) is 7.47. The van der Waals surface area contributed by atoms with Gasteiger partial charge in [-0.25, -0.2) is 0 Å². The lowest BCUT2D eigenvalue weighted by atomic mass is 10.2. The summed E-state index contributed by atoms with van der Waals surface area (Å²) in [6.07, 6.45) is 9.45. The molecule has 0 nitrogen and oxygen atoms in total. The van der Waals surface area contributed by atoms with Crippen molar-refractivity contribution in [2.45, 2.75) is 0 Å². The van der Waals surface area contributed by atoms with Crippen molar-refractivity contribution >= 4 is 15.9 Å². The number of alkyl halides is 1. The van der Waals surface area contributed by atoms with Crippen molar-refractivity contribution in [1.29, 1.82) is 0 Å². The summed E-state index contributed by atoms with van der Waals surface area (Å²) >= 11 is 3.28. The molecule has 0 fully saturated rings. The van der Waals surface area contributed by atoms with Crippen LogP contribution < -0.4 is 0 Å². The zero-order chi connectivity index (χ0) is 7.82. The molecule has 0 aromatic carbocycles. The second kappa shape index (κ2) is 6.56. The topological polar surface area (TPSA) is 0 Å². The van der Waals surface area contributed by atoms with Crippen LogP contribution in [0.3, 0.4) is 0 Å². The minimum Gasteiger partial charge on any atom is -0.0990 e. The second-order valence-electron chi connectivity index (χ2n) is 1.66. The summed E-state index contributed by atoms with van der Waals surface area (Å²) in [5.41, 5.74) is 1.08. The van der Waals surface area contributed by atoms with Crippen molar-refractivity contribution in [3.05, 3.63) is 49.1 Å². The highest BCUT2D eigenvalue weighted by Gasteiger charge is 1.78. The summed E-state index contributed by atoms with van der Waals surface area (Å²) < 4.78 is 0. The third-order valence-corrected chi connectivity index (χ3v) is 1.32. The molecule has 0 aliphatic carbocycles. The van der Waals surface area contributed by atoms with E-state index in [1.807, 2.05) is 18.2 Å². The molecule has 10 heavy (non-hydrogen) atoms. The summed E-state index contributed by atoms with van der Waals surface area (Å²) in [6, 6.07) is 0. The number of rotatable bonds is 4. The Hall–Kier alpha value is -0.560. The Labute approximate surface area is 70.8 Å². The van der Waals surface area contributed by atoms with Crippen molar-refractivity contribution in [2.75, 3.05) is 5.33 Å². The number of hydrogen-bond donors (Lipinski definition) is 0. The zero-order valence-electron chi connectivity index (χ0n) is 5.89. The van der Waals surface area contributed by atoms with Gasteiger partial charge in [-0.1, -0.05) is 59.5 Å². The molecule has 0 bridgehead atoms. The first-order valence-corrected chi connectivity index (χ1v) is 4.15. The van der Waals surface area contributed by atoms with Gasteiger partial charge in [0.1, 0.15) is 0 Å². The molecule has 0 N–H and O–H groups in total.